The molecular weight excluding hydrogens is 448 g/mol. The quantitative estimate of drug-likeness (QED) is 0.463. The first kappa shape index (κ1) is 22.6. The second-order valence-corrected chi connectivity index (χ2v) is 8.52. The molecular formula is C25H26N6O4. The van der Waals surface area contributed by atoms with Crippen molar-refractivity contribution >= 4 is 39.8 Å². The molecule has 4 aromatic rings. The lowest BCUT2D eigenvalue weighted by Crippen LogP contribution is -2.40. The predicted molar refractivity (Wildman–Crippen MR) is 132 cm³/mol. The van der Waals surface area contributed by atoms with E-state index in [9.17, 15) is 9.59 Å². The molecule has 2 aromatic heterocycles. The summed E-state index contributed by atoms with van der Waals surface area (Å²) in [6, 6.07) is 8.92. The Morgan fingerprint density at radius 1 is 1.06 bits per heavy atom. The van der Waals surface area contributed by atoms with Crippen LogP contribution in [0.3, 0.4) is 0 Å². The van der Waals surface area contributed by atoms with Crippen molar-refractivity contribution < 1.29 is 19.1 Å². The number of carbonyl (C=O) groups excluding carboxylic acids is 2. The summed E-state index contributed by atoms with van der Waals surface area (Å²) in [6.07, 6.45) is 0. The zero-order valence-electron chi connectivity index (χ0n) is 19.8. The van der Waals surface area contributed by atoms with Gasteiger partial charge in [0.25, 0.3) is 11.8 Å². The minimum absolute atomic E-state index is 0.0932. The van der Waals surface area contributed by atoms with Gasteiger partial charge < -0.3 is 25.8 Å². The number of nitrogens with two attached hydrogens (primary N) is 2. The molecule has 0 radical (unpaired) electrons. The summed E-state index contributed by atoms with van der Waals surface area (Å²) < 4.78 is 12.5. The Morgan fingerprint density at radius 2 is 1.80 bits per heavy atom. The second kappa shape index (κ2) is 8.55. The van der Waals surface area contributed by atoms with Gasteiger partial charge in [-0.1, -0.05) is 6.07 Å². The molecule has 5 rings (SSSR count). The topological polar surface area (TPSA) is 139 Å². The number of carbonyl (C=O) groups is 2. The van der Waals surface area contributed by atoms with Crippen molar-refractivity contribution in [1.29, 1.82) is 0 Å². The van der Waals surface area contributed by atoms with Crippen molar-refractivity contribution in [3.8, 4) is 11.4 Å². The molecule has 35 heavy (non-hydrogen) atoms. The first-order chi connectivity index (χ1) is 16.8. The fourth-order valence-electron chi connectivity index (χ4n) is 4.65. The number of methoxy groups -OCH3 is 1. The standard InChI is InChI=1S/C25H26N6O4/c1-13-4-7-18(34-3)14(2)21(13)31-22(26)19(23(27)32)20-24(31)29-17-12-15(5-6-16(17)28-20)25(33)30-8-10-35-11-9-30/h4-7,12H,8-11,26H2,1-3H3,(H2,27,32). The molecule has 1 aliphatic rings. The number of hydrogen-bond donors (Lipinski definition) is 2. The van der Waals surface area contributed by atoms with E-state index in [0.29, 0.717) is 59.8 Å². The smallest absolute Gasteiger partial charge is 0.254 e. The Balaban J connectivity index is 1.76. The summed E-state index contributed by atoms with van der Waals surface area (Å²) in [5.41, 5.74) is 17.0. The highest BCUT2D eigenvalue weighted by molar-refractivity contribution is 6.11. The summed E-state index contributed by atoms with van der Waals surface area (Å²) in [5, 5.41) is 0. The molecule has 0 saturated carbocycles. The third kappa shape index (κ3) is 3.62. The molecule has 0 bridgehead atoms. The van der Waals surface area contributed by atoms with Crippen LogP contribution in [0.1, 0.15) is 31.8 Å². The Kier molecular flexibility index (Phi) is 5.52. The average Bonchev–Trinajstić information content (AvgIpc) is 3.13. The number of anilines is 1. The van der Waals surface area contributed by atoms with Crippen molar-refractivity contribution in [2.75, 3.05) is 39.1 Å². The van der Waals surface area contributed by atoms with Gasteiger partial charge in [0.2, 0.25) is 0 Å². The minimum Gasteiger partial charge on any atom is -0.496 e. The number of hydrogen-bond acceptors (Lipinski definition) is 7. The molecule has 10 heteroatoms. The van der Waals surface area contributed by atoms with Gasteiger partial charge in [0.1, 0.15) is 22.6 Å². The van der Waals surface area contributed by atoms with Crippen molar-refractivity contribution in [1.82, 2.24) is 19.4 Å². The lowest BCUT2D eigenvalue weighted by molar-refractivity contribution is 0.0303. The number of ether oxygens (including phenoxy) is 2. The number of nitrogens with zero attached hydrogens (tertiary/aromatic N) is 4. The number of amides is 2. The van der Waals surface area contributed by atoms with Crippen LogP contribution in [0.2, 0.25) is 0 Å². The number of morpholine rings is 1. The van der Waals surface area contributed by atoms with E-state index in [0.717, 1.165) is 16.8 Å². The van der Waals surface area contributed by atoms with E-state index in [1.54, 1.807) is 34.8 Å². The number of rotatable bonds is 4. The summed E-state index contributed by atoms with van der Waals surface area (Å²) >= 11 is 0. The lowest BCUT2D eigenvalue weighted by atomic mass is 10.1. The van der Waals surface area contributed by atoms with E-state index in [2.05, 4.69) is 4.98 Å². The fraction of sp³-hybridized carbons (Fsp3) is 0.280. The van der Waals surface area contributed by atoms with Crippen LogP contribution in [0, 0.1) is 13.8 Å². The molecule has 0 spiro atoms. The number of aryl methyl sites for hydroxylation is 1. The van der Waals surface area contributed by atoms with Gasteiger partial charge in [-0.05, 0) is 43.7 Å². The van der Waals surface area contributed by atoms with E-state index < -0.39 is 5.91 Å². The molecule has 2 aromatic carbocycles. The molecule has 4 N–H and O–H groups in total. The van der Waals surface area contributed by atoms with Gasteiger partial charge >= 0.3 is 0 Å². The normalized spacial score (nSPS) is 14.0. The summed E-state index contributed by atoms with van der Waals surface area (Å²) in [7, 11) is 1.59. The monoisotopic (exact) mass is 474 g/mol. The van der Waals surface area contributed by atoms with E-state index in [4.69, 9.17) is 25.9 Å². The maximum atomic E-state index is 13.0. The molecule has 3 heterocycles. The van der Waals surface area contributed by atoms with Crippen molar-refractivity contribution in [2.45, 2.75) is 13.8 Å². The first-order valence-electron chi connectivity index (χ1n) is 11.2. The predicted octanol–water partition coefficient (Wildman–Crippen LogP) is 2.35. The Bertz CT molecular complexity index is 1500. The van der Waals surface area contributed by atoms with E-state index in [1.165, 1.54) is 0 Å². The number of benzene rings is 2. The van der Waals surface area contributed by atoms with Crippen LogP contribution >= 0.6 is 0 Å². The molecule has 0 aliphatic carbocycles. The summed E-state index contributed by atoms with van der Waals surface area (Å²) in [6.45, 7) is 5.95. The molecule has 10 nitrogen and oxygen atoms in total. The van der Waals surface area contributed by atoms with Crippen molar-refractivity contribution in [3.63, 3.8) is 0 Å². The SMILES string of the molecule is COc1ccc(C)c(-n2c(N)c(C(N)=O)c3nc4ccc(C(=O)N5CCOCC5)cc4nc32)c1C. The van der Waals surface area contributed by atoms with E-state index in [1.807, 2.05) is 26.0 Å². The van der Waals surface area contributed by atoms with Crippen LogP contribution in [-0.2, 0) is 4.74 Å². The maximum Gasteiger partial charge on any atom is 0.254 e. The second-order valence-electron chi connectivity index (χ2n) is 8.52. The van der Waals surface area contributed by atoms with Crippen molar-refractivity contribution in [2.24, 2.45) is 5.73 Å². The van der Waals surface area contributed by atoms with E-state index >= 15 is 0 Å². The number of primary amides is 1. The Labute approximate surface area is 201 Å². The molecule has 0 atom stereocenters. The van der Waals surface area contributed by atoms with Crippen LogP contribution < -0.4 is 16.2 Å². The third-order valence-electron chi connectivity index (χ3n) is 6.41. The molecule has 1 aliphatic heterocycles. The van der Waals surface area contributed by atoms with Gasteiger partial charge in [-0.3, -0.25) is 14.2 Å². The van der Waals surface area contributed by atoms with Crippen LogP contribution in [0.25, 0.3) is 27.9 Å². The maximum absolute atomic E-state index is 13.0. The van der Waals surface area contributed by atoms with Crippen LogP contribution in [-0.4, -0.2) is 64.7 Å². The zero-order valence-corrected chi connectivity index (χ0v) is 19.8. The number of aromatic nitrogens is 3. The van der Waals surface area contributed by atoms with Gasteiger partial charge in [0, 0.05) is 24.2 Å². The minimum atomic E-state index is -0.697. The molecule has 1 saturated heterocycles. The molecule has 2 amide bonds. The van der Waals surface area contributed by atoms with Crippen LogP contribution in [0.4, 0.5) is 5.82 Å². The summed E-state index contributed by atoms with van der Waals surface area (Å²) in [5.74, 6) is 0.0213. The average molecular weight is 475 g/mol. The summed E-state index contributed by atoms with van der Waals surface area (Å²) in [4.78, 5) is 36.7. The highest BCUT2D eigenvalue weighted by atomic mass is 16.5. The van der Waals surface area contributed by atoms with Gasteiger partial charge in [-0.2, -0.15) is 0 Å². The molecule has 0 unspecified atom stereocenters. The highest BCUT2D eigenvalue weighted by Crippen LogP contribution is 2.36. The first-order valence-corrected chi connectivity index (χ1v) is 11.2. The van der Waals surface area contributed by atoms with Gasteiger partial charge in [-0.25, -0.2) is 9.97 Å². The third-order valence-corrected chi connectivity index (χ3v) is 6.41. The molecule has 180 valence electrons. The molecule has 1 fully saturated rings. The number of fused-ring (bicyclic) bond motifs is 2. The van der Waals surface area contributed by atoms with Crippen molar-refractivity contribution in [3.05, 3.63) is 52.6 Å². The fourth-order valence-corrected chi connectivity index (χ4v) is 4.65. The zero-order chi connectivity index (χ0) is 24.9. The van der Waals surface area contributed by atoms with Gasteiger partial charge in [-0.15, -0.1) is 0 Å². The van der Waals surface area contributed by atoms with Gasteiger partial charge in [0.15, 0.2) is 5.65 Å². The number of nitrogen functional groups attached to an aromatic ring is 1. The largest absolute Gasteiger partial charge is 0.496 e. The Morgan fingerprint density at radius 3 is 2.49 bits per heavy atom. The lowest BCUT2D eigenvalue weighted by Gasteiger charge is -2.26. The highest BCUT2D eigenvalue weighted by Gasteiger charge is 2.26. The van der Waals surface area contributed by atoms with E-state index in [-0.39, 0.29) is 17.3 Å². The Hall–Kier alpha value is -4.18. The van der Waals surface area contributed by atoms with Gasteiger partial charge in [0.05, 0.1) is 37.0 Å². The van der Waals surface area contributed by atoms with Crippen LogP contribution in [0.15, 0.2) is 30.3 Å². The van der Waals surface area contributed by atoms with Crippen LogP contribution in [0.5, 0.6) is 5.75 Å².